The summed E-state index contributed by atoms with van der Waals surface area (Å²) in [6.07, 6.45) is 0. The van der Waals surface area contributed by atoms with E-state index in [1.165, 1.54) is 14.2 Å². The molecule has 0 amide bonds. The van der Waals surface area contributed by atoms with E-state index < -0.39 is 12.0 Å². The van der Waals surface area contributed by atoms with Crippen molar-refractivity contribution in [3.05, 3.63) is 22.7 Å². The standard InChI is InChI=1S/C14H20ClNO4/c1-8(2)12(14(17)18)16-7-9-5-6-10(19-3)13(20-4)11(9)15/h5-6,8,12,16H,7H2,1-4H3,(H,17,18)/t12-/m0/s1. The summed E-state index contributed by atoms with van der Waals surface area (Å²) < 4.78 is 10.4. The number of methoxy groups -OCH3 is 2. The van der Waals surface area contributed by atoms with Crippen molar-refractivity contribution in [3.63, 3.8) is 0 Å². The molecule has 0 radical (unpaired) electrons. The quantitative estimate of drug-likeness (QED) is 0.810. The molecule has 112 valence electrons. The van der Waals surface area contributed by atoms with Crippen LogP contribution in [0.2, 0.25) is 5.02 Å². The molecule has 0 fully saturated rings. The number of hydrogen-bond donors (Lipinski definition) is 2. The van der Waals surface area contributed by atoms with E-state index >= 15 is 0 Å². The summed E-state index contributed by atoms with van der Waals surface area (Å²) in [5.41, 5.74) is 0.760. The Morgan fingerprint density at radius 1 is 1.35 bits per heavy atom. The lowest BCUT2D eigenvalue weighted by atomic mass is 10.0. The Morgan fingerprint density at radius 2 is 2.00 bits per heavy atom. The largest absolute Gasteiger partial charge is 0.493 e. The van der Waals surface area contributed by atoms with Crippen molar-refractivity contribution in [2.45, 2.75) is 26.4 Å². The zero-order valence-electron chi connectivity index (χ0n) is 12.1. The average Bonchev–Trinajstić information content (AvgIpc) is 2.39. The van der Waals surface area contributed by atoms with Gasteiger partial charge in [-0.25, -0.2) is 0 Å². The number of carbonyl (C=O) groups is 1. The van der Waals surface area contributed by atoms with Crippen molar-refractivity contribution in [3.8, 4) is 11.5 Å². The van der Waals surface area contributed by atoms with Gasteiger partial charge < -0.3 is 19.9 Å². The molecule has 1 aromatic rings. The third-order valence-corrected chi connectivity index (χ3v) is 3.42. The fourth-order valence-corrected chi connectivity index (χ4v) is 2.19. The molecule has 2 N–H and O–H groups in total. The predicted molar refractivity (Wildman–Crippen MR) is 77.7 cm³/mol. The maximum Gasteiger partial charge on any atom is 0.320 e. The van der Waals surface area contributed by atoms with E-state index in [1.807, 2.05) is 13.8 Å². The van der Waals surface area contributed by atoms with Crippen molar-refractivity contribution in [2.24, 2.45) is 5.92 Å². The molecule has 0 spiro atoms. The van der Waals surface area contributed by atoms with E-state index in [0.29, 0.717) is 23.1 Å². The highest BCUT2D eigenvalue weighted by Crippen LogP contribution is 2.37. The Kier molecular flexibility index (Phi) is 6.10. The van der Waals surface area contributed by atoms with Gasteiger partial charge in [0.15, 0.2) is 11.5 Å². The number of ether oxygens (including phenoxy) is 2. The highest BCUT2D eigenvalue weighted by atomic mass is 35.5. The Labute approximate surface area is 123 Å². The molecular weight excluding hydrogens is 282 g/mol. The summed E-state index contributed by atoms with van der Waals surface area (Å²) in [5, 5.41) is 12.5. The van der Waals surface area contributed by atoms with Crippen LogP contribution in [0.1, 0.15) is 19.4 Å². The first-order chi connectivity index (χ1) is 9.42. The minimum absolute atomic E-state index is 0.0218. The van der Waals surface area contributed by atoms with Crippen molar-refractivity contribution < 1.29 is 19.4 Å². The smallest absolute Gasteiger partial charge is 0.320 e. The van der Waals surface area contributed by atoms with Crippen LogP contribution in [-0.2, 0) is 11.3 Å². The molecule has 0 heterocycles. The van der Waals surface area contributed by atoms with Crippen molar-refractivity contribution in [1.82, 2.24) is 5.32 Å². The van der Waals surface area contributed by atoms with Gasteiger partial charge >= 0.3 is 5.97 Å². The molecule has 1 rings (SSSR count). The molecule has 0 saturated heterocycles. The number of aliphatic carboxylic acids is 1. The van der Waals surface area contributed by atoms with E-state index in [4.69, 9.17) is 26.2 Å². The van der Waals surface area contributed by atoms with Crippen LogP contribution in [0, 0.1) is 5.92 Å². The first-order valence-electron chi connectivity index (χ1n) is 6.27. The molecule has 5 nitrogen and oxygen atoms in total. The van der Waals surface area contributed by atoms with E-state index in [9.17, 15) is 4.79 Å². The lowest BCUT2D eigenvalue weighted by Gasteiger charge is -2.19. The van der Waals surface area contributed by atoms with Crippen molar-refractivity contribution in [1.29, 1.82) is 0 Å². The molecule has 0 aliphatic carbocycles. The Bertz CT molecular complexity index is 476. The van der Waals surface area contributed by atoms with Crippen LogP contribution in [0.25, 0.3) is 0 Å². The number of benzene rings is 1. The summed E-state index contributed by atoms with van der Waals surface area (Å²) >= 11 is 6.24. The van der Waals surface area contributed by atoms with Crippen LogP contribution < -0.4 is 14.8 Å². The minimum Gasteiger partial charge on any atom is -0.493 e. The molecule has 6 heteroatoms. The fourth-order valence-electron chi connectivity index (χ4n) is 1.89. The monoisotopic (exact) mass is 301 g/mol. The molecule has 0 aliphatic rings. The van der Waals surface area contributed by atoms with Gasteiger partial charge in [0.1, 0.15) is 6.04 Å². The summed E-state index contributed by atoms with van der Waals surface area (Å²) in [4.78, 5) is 11.1. The second kappa shape index (κ2) is 7.36. The minimum atomic E-state index is -0.878. The molecule has 20 heavy (non-hydrogen) atoms. The zero-order chi connectivity index (χ0) is 15.3. The van der Waals surface area contributed by atoms with Gasteiger partial charge in [-0.2, -0.15) is 0 Å². The van der Waals surface area contributed by atoms with Crippen LogP contribution in [0.4, 0.5) is 0 Å². The SMILES string of the molecule is COc1ccc(CN[C@H](C(=O)O)C(C)C)c(Cl)c1OC. The summed E-state index contributed by atoms with van der Waals surface area (Å²) in [6, 6.07) is 2.90. The topological polar surface area (TPSA) is 67.8 Å². The predicted octanol–water partition coefficient (Wildman–Crippen LogP) is 2.56. The second-order valence-corrected chi connectivity index (χ2v) is 5.09. The Balaban J connectivity index is 2.91. The molecule has 0 unspecified atom stereocenters. The van der Waals surface area contributed by atoms with Gasteiger partial charge in [-0.15, -0.1) is 0 Å². The second-order valence-electron chi connectivity index (χ2n) is 4.72. The molecule has 0 bridgehead atoms. The van der Waals surface area contributed by atoms with E-state index in [2.05, 4.69) is 5.32 Å². The number of rotatable bonds is 7. The molecule has 1 atom stereocenters. The van der Waals surface area contributed by atoms with Gasteiger partial charge in [-0.3, -0.25) is 4.79 Å². The van der Waals surface area contributed by atoms with Crippen LogP contribution in [0.15, 0.2) is 12.1 Å². The highest BCUT2D eigenvalue weighted by Gasteiger charge is 2.21. The van der Waals surface area contributed by atoms with Gasteiger partial charge in [-0.1, -0.05) is 31.5 Å². The van der Waals surface area contributed by atoms with E-state index in [-0.39, 0.29) is 5.92 Å². The van der Waals surface area contributed by atoms with E-state index in [0.717, 1.165) is 5.56 Å². The molecule has 0 aliphatic heterocycles. The zero-order valence-corrected chi connectivity index (χ0v) is 12.8. The normalized spacial score (nSPS) is 12.3. The van der Waals surface area contributed by atoms with Crippen LogP contribution in [-0.4, -0.2) is 31.3 Å². The average molecular weight is 302 g/mol. The van der Waals surface area contributed by atoms with Crippen molar-refractivity contribution in [2.75, 3.05) is 14.2 Å². The number of hydrogen-bond acceptors (Lipinski definition) is 4. The summed E-state index contributed by atoms with van der Waals surface area (Å²) in [5.74, 6) is 0.0906. The fraction of sp³-hybridized carbons (Fsp3) is 0.500. The highest BCUT2D eigenvalue weighted by molar-refractivity contribution is 6.33. The number of carboxylic acids is 1. The number of halogens is 1. The van der Waals surface area contributed by atoms with Crippen LogP contribution in [0.3, 0.4) is 0 Å². The Morgan fingerprint density at radius 3 is 2.45 bits per heavy atom. The van der Waals surface area contributed by atoms with Gasteiger partial charge in [-0.05, 0) is 17.5 Å². The first kappa shape index (κ1) is 16.6. The number of carboxylic acid groups (broad SMARTS) is 1. The van der Waals surface area contributed by atoms with Gasteiger partial charge in [0.05, 0.1) is 19.2 Å². The van der Waals surface area contributed by atoms with Crippen LogP contribution in [0.5, 0.6) is 11.5 Å². The molecule has 0 saturated carbocycles. The lowest BCUT2D eigenvalue weighted by molar-refractivity contribution is -0.140. The van der Waals surface area contributed by atoms with E-state index in [1.54, 1.807) is 12.1 Å². The van der Waals surface area contributed by atoms with Crippen LogP contribution >= 0.6 is 11.6 Å². The molecular formula is C14H20ClNO4. The van der Waals surface area contributed by atoms with Crippen molar-refractivity contribution >= 4 is 17.6 Å². The number of nitrogens with one attached hydrogen (secondary N) is 1. The Hall–Kier alpha value is -1.46. The molecule has 1 aromatic carbocycles. The maximum absolute atomic E-state index is 11.1. The lowest BCUT2D eigenvalue weighted by Crippen LogP contribution is -2.40. The van der Waals surface area contributed by atoms with Gasteiger partial charge in [0, 0.05) is 6.54 Å². The summed E-state index contributed by atoms with van der Waals surface area (Å²) in [7, 11) is 3.04. The molecule has 0 aromatic heterocycles. The first-order valence-corrected chi connectivity index (χ1v) is 6.65. The summed E-state index contributed by atoms with van der Waals surface area (Å²) in [6.45, 7) is 4.04. The van der Waals surface area contributed by atoms with Gasteiger partial charge in [0.2, 0.25) is 0 Å². The third-order valence-electron chi connectivity index (χ3n) is 3.01. The van der Waals surface area contributed by atoms with Gasteiger partial charge in [0.25, 0.3) is 0 Å². The maximum atomic E-state index is 11.1. The third kappa shape index (κ3) is 3.77.